The van der Waals surface area contributed by atoms with Gasteiger partial charge in [0.2, 0.25) is 0 Å². The van der Waals surface area contributed by atoms with E-state index in [1.165, 1.54) is 42.9 Å². The average Bonchev–Trinajstić information content (AvgIpc) is 3.02. The van der Waals surface area contributed by atoms with Crippen LogP contribution in [-0.2, 0) is 0 Å². The minimum Gasteiger partial charge on any atom is -0.356 e. The van der Waals surface area contributed by atoms with Crippen LogP contribution >= 0.6 is 23.1 Å². The van der Waals surface area contributed by atoms with E-state index in [1.807, 2.05) is 23.3 Å². The van der Waals surface area contributed by atoms with E-state index in [1.54, 1.807) is 11.3 Å². The Morgan fingerprint density at radius 3 is 2.80 bits per heavy atom. The quantitative estimate of drug-likeness (QED) is 0.907. The topological polar surface area (TPSA) is 37.3 Å². The van der Waals surface area contributed by atoms with E-state index < -0.39 is 0 Å². The number of hydrogen-bond donors (Lipinski definition) is 1. The Labute approximate surface area is 129 Å². The predicted molar refractivity (Wildman–Crippen MR) is 88.6 cm³/mol. The van der Waals surface area contributed by atoms with Crippen molar-refractivity contribution in [1.29, 1.82) is 0 Å². The lowest BCUT2D eigenvalue weighted by Gasteiger charge is -2.38. The summed E-state index contributed by atoms with van der Waals surface area (Å²) in [7, 11) is 0. The van der Waals surface area contributed by atoms with Crippen molar-refractivity contribution in [2.45, 2.75) is 51.5 Å². The van der Waals surface area contributed by atoms with Gasteiger partial charge in [-0.05, 0) is 24.7 Å². The molecule has 20 heavy (non-hydrogen) atoms. The summed E-state index contributed by atoms with van der Waals surface area (Å²) in [5.74, 6) is 1.24. The highest BCUT2D eigenvalue weighted by molar-refractivity contribution is 8.13. The van der Waals surface area contributed by atoms with Gasteiger partial charge in [0.15, 0.2) is 5.17 Å². The molecule has 0 radical (unpaired) electrons. The second kappa shape index (κ2) is 6.48. The maximum absolute atomic E-state index is 4.85. The molecule has 1 N–H and O–H groups in total. The number of amidine groups is 1. The normalized spacial score (nSPS) is 23.4. The van der Waals surface area contributed by atoms with Gasteiger partial charge in [0, 0.05) is 23.9 Å². The zero-order valence-corrected chi connectivity index (χ0v) is 13.7. The van der Waals surface area contributed by atoms with Crippen molar-refractivity contribution in [3.8, 4) is 0 Å². The van der Waals surface area contributed by atoms with Crippen LogP contribution in [0.4, 0.5) is 0 Å². The molecule has 1 spiro atoms. The third-order valence-corrected chi connectivity index (χ3v) is 6.61. The molecule has 1 fully saturated rings. The first kappa shape index (κ1) is 14.4. The number of nitrogens with zero attached hydrogens (tertiary/aromatic N) is 2. The molecule has 1 aromatic heterocycles. The van der Waals surface area contributed by atoms with Gasteiger partial charge in [-0.2, -0.15) is 0 Å². The monoisotopic (exact) mass is 309 g/mol. The molecule has 3 rings (SSSR count). The fourth-order valence-corrected chi connectivity index (χ4v) is 5.11. The molecule has 1 aliphatic heterocycles. The Morgan fingerprint density at radius 2 is 2.20 bits per heavy atom. The molecule has 0 aromatic carbocycles. The van der Waals surface area contributed by atoms with Gasteiger partial charge in [-0.1, -0.05) is 37.9 Å². The lowest BCUT2D eigenvalue weighted by atomic mass is 9.75. The molecular formula is C15H23N3S2. The van der Waals surface area contributed by atoms with Gasteiger partial charge in [-0.3, -0.25) is 4.99 Å². The highest BCUT2D eigenvalue weighted by atomic mass is 32.2. The van der Waals surface area contributed by atoms with Crippen LogP contribution in [0, 0.1) is 5.41 Å². The van der Waals surface area contributed by atoms with Crippen LogP contribution in [0.25, 0.3) is 0 Å². The summed E-state index contributed by atoms with van der Waals surface area (Å²) < 4.78 is 0. The first-order chi connectivity index (χ1) is 9.81. The van der Waals surface area contributed by atoms with Gasteiger partial charge >= 0.3 is 0 Å². The molecule has 1 aromatic rings. The molecule has 2 aliphatic rings. The number of aromatic nitrogens is 1. The van der Waals surface area contributed by atoms with Crippen molar-refractivity contribution in [3.63, 3.8) is 0 Å². The third kappa shape index (κ3) is 3.19. The molecule has 5 heteroatoms. The Bertz CT molecular complexity index is 450. The van der Waals surface area contributed by atoms with E-state index in [4.69, 9.17) is 4.99 Å². The van der Waals surface area contributed by atoms with Crippen LogP contribution in [0.5, 0.6) is 0 Å². The first-order valence-corrected chi connectivity index (χ1v) is 9.51. The van der Waals surface area contributed by atoms with Crippen molar-refractivity contribution in [1.82, 2.24) is 10.3 Å². The second-order valence-electron chi connectivity index (χ2n) is 5.95. The summed E-state index contributed by atoms with van der Waals surface area (Å²) in [5, 5.41) is 7.94. The van der Waals surface area contributed by atoms with Crippen molar-refractivity contribution in [2.24, 2.45) is 10.4 Å². The molecule has 1 unspecified atom stereocenters. The minimum atomic E-state index is 0.321. The molecule has 1 aliphatic carbocycles. The third-order valence-electron chi connectivity index (χ3n) is 4.44. The standard InChI is InChI=1S/C15H23N3S2/c1-2-12(13-16-8-9-19-13)18-14-17-10-15(11-20-14)6-4-3-5-7-15/h8-9,12H,2-7,10-11H2,1H3,(H,17,18). The van der Waals surface area contributed by atoms with Gasteiger partial charge in [0.05, 0.1) is 6.04 Å². The van der Waals surface area contributed by atoms with E-state index in [2.05, 4.69) is 17.2 Å². The highest BCUT2D eigenvalue weighted by Gasteiger charge is 2.35. The maximum atomic E-state index is 4.85. The molecule has 2 heterocycles. The minimum absolute atomic E-state index is 0.321. The Hall–Kier alpha value is -0.550. The largest absolute Gasteiger partial charge is 0.356 e. The summed E-state index contributed by atoms with van der Waals surface area (Å²) in [6, 6.07) is 0.321. The number of aliphatic imine (C=N–C) groups is 1. The summed E-state index contributed by atoms with van der Waals surface area (Å²) in [5.41, 5.74) is 0.511. The Morgan fingerprint density at radius 1 is 1.35 bits per heavy atom. The lowest BCUT2D eigenvalue weighted by Crippen LogP contribution is -2.37. The van der Waals surface area contributed by atoms with E-state index in [0.29, 0.717) is 11.5 Å². The highest BCUT2D eigenvalue weighted by Crippen LogP contribution is 2.41. The van der Waals surface area contributed by atoms with E-state index >= 15 is 0 Å². The number of rotatable bonds is 3. The van der Waals surface area contributed by atoms with Crippen LogP contribution in [0.15, 0.2) is 16.6 Å². The van der Waals surface area contributed by atoms with Crippen LogP contribution < -0.4 is 5.32 Å². The predicted octanol–water partition coefficient (Wildman–Crippen LogP) is 4.24. The molecule has 1 saturated carbocycles. The molecule has 0 saturated heterocycles. The van der Waals surface area contributed by atoms with Crippen molar-refractivity contribution in [2.75, 3.05) is 12.3 Å². The second-order valence-corrected chi connectivity index (χ2v) is 7.84. The van der Waals surface area contributed by atoms with Crippen LogP contribution in [-0.4, -0.2) is 22.4 Å². The Balaban J connectivity index is 1.61. The molecule has 3 nitrogen and oxygen atoms in total. The van der Waals surface area contributed by atoms with Crippen LogP contribution in [0.3, 0.4) is 0 Å². The zero-order valence-electron chi connectivity index (χ0n) is 12.1. The van der Waals surface area contributed by atoms with Gasteiger partial charge in [-0.25, -0.2) is 4.98 Å². The molecule has 110 valence electrons. The van der Waals surface area contributed by atoms with Crippen molar-refractivity contribution in [3.05, 3.63) is 16.6 Å². The summed E-state index contributed by atoms with van der Waals surface area (Å²) in [4.78, 5) is 9.28. The SMILES string of the molecule is CCC(NC1=NCC2(CCCCC2)CS1)c1nccs1. The van der Waals surface area contributed by atoms with Crippen molar-refractivity contribution < 1.29 is 0 Å². The summed E-state index contributed by atoms with van der Waals surface area (Å²) in [6.45, 7) is 3.23. The van der Waals surface area contributed by atoms with Crippen molar-refractivity contribution >= 4 is 28.3 Å². The average molecular weight is 310 g/mol. The van der Waals surface area contributed by atoms with E-state index in [9.17, 15) is 0 Å². The number of nitrogens with one attached hydrogen (secondary N) is 1. The maximum Gasteiger partial charge on any atom is 0.157 e. The first-order valence-electron chi connectivity index (χ1n) is 7.64. The molecule has 0 bridgehead atoms. The van der Waals surface area contributed by atoms with Crippen LogP contribution in [0.2, 0.25) is 0 Å². The molecule has 0 amide bonds. The van der Waals surface area contributed by atoms with Crippen LogP contribution in [0.1, 0.15) is 56.5 Å². The summed E-state index contributed by atoms with van der Waals surface area (Å²) in [6.07, 6.45) is 9.91. The number of thiazole rings is 1. The fraction of sp³-hybridized carbons (Fsp3) is 0.733. The van der Waals surface area contributed by atoms with Gasteiger partial charge in [-0.15, -0.1) is 11.3 Å². The zero-order chi connectivity index (χ0) is 13.8. The van der Waals surface area contributed by atoms with Gasteiger partial charge < -0.3 is 5.32 Å². The summed E-state index contributed by atoms with van der Waals surface area (Å²) >= 11 is 3.65. The van der Waals surface area contributed by atoms with Gasteiger partial charge in [0.25, 0.3) is 0 Å². The van der Waals surface area contributed by atoms with Gasteiger partial charge in [0.1, 0.15) is 5.01 Å². The number of hydrogen-bond acceptors (Lipinski definition) is 5. The fourth-order valence-electron chi connectivity index (χ4n) is 3.14. The van der Waals surface area contributed by atoms with E-state index in [-0.39, 0.29) is 0 Å². The smallest absolute Gasteiger partial charge is 0.157 e. The Kier molecular flexibility index (Phi) is 4.66. The molecular weight excluding hydrogens is 286 g/mol. The van der Waals surface area contributed by atoms with E-state index in [0.717, 1.165) is 18.1 Å². The molecule has 1 atom stereocenters. The lowest BCUT2D eigenvalue weighted by molar-refractivity contribution is 0.232. The number of thioether (sulfide) groups is 1.